The fraction of sp³-hybridized carbons (Fsp3) is 0.429. The molecule has 0 spiro atoms. The normalized spacial score (nSPS) is 11.7. The molecule has 3 nitrogen and oxygen atoms in total. The summed E-state index contributed by atoms with van der Waals surface area (Å²) < 4.78 is 10.3. The third-order valence-corrected chi connectivity index (χ3v) is 2.92. The molecule has 0 aliphatic carbocycles. The van der Waals surface area contributed by atoms with Gasteiger partial charge in [0.25, 0.3) is 0 Å². The second kappa shape index (κ2) is 7.15. The molecule has 0 fully saturated rings. The molecule has 4 heteroatoms. The van der Waals surface area contributed by atoms with E-state index in [0.29, 0.717) is 34.9 Å². The van der Waals surface area contributed by atoms with E-state index in [4.69, 9.17) is 27.5 Å². The molecule has 1 atom stereocenters. The van der Waals surface area contributed by atoms with Crippen LogP contribution in [0.15, 0.2) is 12.1 Å². The van der Waals surface area contributed by atoms with Crippen LogP contribution in [0.4, 0.5) is 0 Å². The van der Waals surface area contributed by atoms with Gasteiger partial charge in [0.1, 0.15) is 0 Å². The van der Waals surface area contributed by atoms with Crippen LogP contribution in [-0.4, -0.2) is 19.3 Å². The standard InChI is InChI=1S/C14H17ClO3/c1-4-5-6-7-12(16)10-8-11(15)14(18-3)13(9-10)17-2/h1,8-9,12,16H,5-7H2,2-3H3. The number of benzene rings is 1. The molecule has 0 aliphatic rings. The Morgan fingerprint density at radius 2 is 2.11 bits per heavy atom. The number of hydrogen-bond donors (Lipinski definition) is 1. The lowest BCUT2D eigenvalue weighted by Gasteiger charge is -2.15. The number of ether oxygens (including phenoxy) is 2. The van der Waals surface area contributed by atoms with Gasteiger partial charge in [-0.25, -0.2) is 0 Å². The minimum atomic E-state index is -0.601. The Labute approximate surface area is 113 Å². The van der Waals surface area contributed by atoms with Gasteiger partial charge in [-0.3, -0.25) is 0 Å². The van der Waals surface area contributed by atoms with Gasteiger partial charge in [0, 0.05) is 6.42 Å². The average molecular weight is 269 g/mol. The van der Waals surface area contributed by atoms with E-state index in [2.05, 4.69) is 5.92 Å². The van der Waals surface area contributed by atoms with Crippen LogP contribution in [0.1, 0.15) is 30.9 Å². The van der Waals surface area contributed by atoms with Gasteiger partial charge in [0.05, 0.1) is 25.3 Å². The van der Waals surface area contributed by atoms with Crippen LogP contribution in [0, 0.1) is 12.3 Å². The number of aliphatic hydroxyl groups is 1. The van der Waals surface area contributed by atoms with Crippen LogP contribution in [-0.2, 0) is 0 Å². The van der Waals surface area contributed by atoms with Crippen molar-refractivity contribution in [1.29, 1.82) is 0 Å². The van der Waals surface area contributed by atoms with Gasteiger partial charge < -0.3 is 14.6 Å². The molecule has 1 N–H and O–H groups in total. The largest absolute Gasteiger partial charge is 0.493 e. The smallest absolute Gasteiger partial charge is 0.179 e. The SMILES string of the molecule is C#CCCCC(O)c1cc(Cl)c(OC)c(OC)c1. The van der Waals surface area contributed by atoms with Crippen LogP contribution in [0.25, 0.3) is 0 Å². The van der Waals surface area contributed by atoms with Gasteiger partial charge in [0.15, 0.2) is 11.5 Å². The summed E-state index contributed by atoms with van der Waals surface area (Å²) in [5.74, 6) is 3.53. The molecular weight excluding hydrogens is 252 g/mol. The lowest BCUT2D eigenvalue weighted by molar-refractivity contribution is 0.164. The lowest BCUT2D eigenvalue weighted by Crippen LogP contribution is -2.00. The quantitative estimate of drug-likeness (QED) is 0.636. The fourth-order valence-corrected chi connectivity index (χ4v) is 1.99. The molecule has 1 aromatic rings. The maximum Gasteiger partial charge on any atom is 0.179 e. The summed E-state index contributed by atoms with van der Waals surface area (Å²) in [7, 11) is 3.05. The third kappa shape index (κ3) is 3.56. The highest BCUT2D eigenvalue weighted by Gasteiger charge is 2.15. The third-order valence-electron chi connectivity index (χ3n) is 2.64. The van der Waals surface area contributed by atoms with Crippen molar-refractivity contribution < 1.29 is 14.6 Å². The lowest BCUT2D eigenvalue weighted by atomic mass is 10.0. The Morgan fingerprint density at radius 1 is 1.39 bits per heavy atom. The first-order valence-electron chi connectivity index (χ1n) is 5.67. The molecule has 1 unspecified atom stereocenters. The zero-order chi connectivity index (χ0) is 13.5. The molecule has 0 aromatic heterocycles. The second-order valence-corrected chi connectivity index (χ2v) is 4.26. The maximum absolute atomic E-state index is 10.0. The molecule has 0 radical (unpaired) electrons. The summed E-state index contributed by atoms with van der Waals surface area (Å²) in [5, 5.41) is 10.5. The molecule has 0 bridgehead atoms. The van der Waals surface area contributed by atoms with Crippen LogP contribution in [0.5, 0.6) is 11.5 Å². The van der Waals surface area contributed by atoms with Crippen molar-refractivity contribution in [2.75, 3.05) is 14.2 Å². The van der Waals surface area contributed by atoms with E-state index in [1.54, 1.807) is 12.1 Å². The minimum Gasteiger partial charge on any atom is -0.493 e. The van der Waals surface area contributed by atoms with E-state index >= 15 is 0 Å². The summed E-state index contributed by atoms with van der Waals surface area (Å²) in [6, 6.07) is 3.41. The summed E-state index contributed by atoms with van der Waals surface area (Å²) in [6.45, 7) is 0. The van der Waals surface area contributed by atoms with Crippen LogP contribution < -0.4 is 9.47 Å². The Morgan fingerprint density at radius 3 is 2.67 bits per heavy atom. The van der Waals surface area contributed by atoms with E-state index in [0.717, 1.165) is 6.42 Å². The van der Waals surface area contributed by atoms with Crippen LogP contribution >= 0.6 is 11.6 Å². The Kier molecular flexibility index (Phi) is 5.84. The van der Waals surface area contributed by atoms with Gasteiger partial charge in [-0.2, -0.15) is 0 Å². The van der Waals surface area contributed by atoms with Crippen LogP contribution in [0.2, 0.25) is 5.02 Å². The van der Waals surface area contributed by atoms with Gasteiger partial charge in [-0.15, -0.1) is 12.3 Å². The summed E-state index contributed by atoms with van der Waals surface area (Å²) in [6.07, 6.45) is 6.58. The molecule has 0 heterocycles. The molecule has 0 aliphatic heterocycles. The van der Waals surface area contributed by atoms with Gasteiger partial charge >= 0.3 is 0 Å². The molecular formula is C14H17ClO3. The molecule has 18 heavy (non-hydrogen) atoms. The number of terminal acetylenes is 1. The predicted molar refractivity (Wildman–Crippen MR) is 72.2 cm³/mol. The molecule has 0 saturated heterocycles. The van der Waals surface area contributed by atoms with Crippen molar-refractivity contribution in [2.45, 2.75) is 25.4 Å². The first-order valence-corrected chi connectivity index (χ1v) is 6.04. The van der Waals surface area contributed by atoms with Gasteiger partial charge in [-0.05, 0) is 30.5 Å². The van der Waals surface area contributed by atoms with Crippen molar-refractivity contribution in [2.24, 2.45) is 0 Å². The van der Waals surface area contributed by atoms with Crippen molar-refractivity contribution in [3.05, 3.63) is 22.7 Å². The molecule has 1 rings (SSSR count). The molecule has 98 valence electrons. The highest BCUT2D eigenvalue weighted by Crippen LogP contribution is 2.38. The molecule has 0 amide bonds. The average Bonchev–Trinajstić information content (AvgIpc) is 2.37. The van der Waals surface area contributed by atoms with Gasteiger partial charge in [-0.1, -0.05) is 11.6 Å². The Balaban J connectivity index is 2.90. The predicted octanol–water partition coefficient (Wildman–Crippen LogP) is 3.19. The fourth-order valence-electron chi connectivity index (χ4n) is 1.69. The van der Waals surface area contributed by atoms with E-state index in [1.165, 1.54) is 14.2 Å². The monoisotopic (exact) mass is 268 g/mol. The zero-order valence-corrected chi connectivity index (χ0v) is 11.3. The topological polar surface area (TPSA) is 38.7 Å². The number of unbranched alkanes of at least 4 members (excludes halogenated alkanes) is 1. The number of rotatable bonds is 6. The highest BCUT2D eigenvalue weighted by atomic mass is 35.5. The van der Waals surface area contributed by atoms with Gasteiger partial charge in [0.2, 0.25) is 0 Å². The number of halogens is 1. The molecule has 0 saturated carbocycles. The summed E-state index contributed by atoms with van der Waals surface area (Å²) in [5.41, 5.74) is 0.703. The highest BCUT2D eigenvalue weighted by molar-refractivity contribution is 6.32. The maximum atomic E-state index is 10.0. The number of methoxy groups -OCH3 is 2. The van der Waals surface area contributed by atoms with Crippen molar-refractivity contribution in [3.63, 3.8) is 0 Å². The van der Waals surface area contributed by atoms with Crippen molar-refractivity contribution in [3.8, 4) is 23.8 Å². The van der Waals surface area contributed by atoms with E-state index in [1.807, 2.05) is 0 Å². The second-order valence-electron chi connectivity index (χ2n) is 3.85. The first kappa shape index (κ1) is 14.7. The van der Waals surface area contributed by atoms with Crippen LogP contribution in [0.3, 0.4) is 0 Å². The summed E-state index contributed by atoms with van der Waals surface area (Å²) >= 11 is 6.07. The Bertz CT molecular complexity index is 437. The first-order chi connectivity index (χ1) is 8.63. The van der Waals surface area contributed by atoms with E-state index < -0.39 is 6.10 Å². The van der Waals surface area contributed by atoms with E-state index in [-0.39, 0.29) is 0 Å². The number of hydrogen-bond acceptors (Lipinski definition) is 3. The van der Waals surface area contributed by atoms with E-state index in [9.17, 15) is 5.11 Å². The zero-order valence-electron chi connectivity index (χ0n) is 10.6. The Hall–Kier alpha value is -1.37. The van der Waals surface area contributed by atoms with Crippen molar-refractivity contribution in [1.82, 2.24) is 0 Å². The number of aliphatic hydroxyl groups excluding tert-OH is 1. The molecule has 1 aromatic carbocycles. The summed E-state index contributed by atoms with van der Waals surface area (Å²) in [4.78, 5) is 0. The minimum absolute atomic E-state index is 0.419. The van der Waals surface area contributed by atoms with Crippen molar-refractivity contribution >= 4 is 11.6 Å².